The highest BCUT2D eigenvalue weighted by Crippen LogP contribution is 2.35. The van der Waals surface area contributed by atoms with Gasteiger partial charge in [-0.15, -0.1) is 0 Å². The van der Waals surface area contributed by atoms with Crippen LogP contribution in [0.25, 0.3) is 11.3 Å². The first kappa shape index (κ1) is 21.0. The number of pyridine rings is 1. The number of nitrogens with one attached hydrogen (secondary N) is 1. The fraction of sp³-hybridized carbons (Fsp3) is 0.143. The van der Waals surface area contributed by atoms with Gasteiger partial charge in [0.15, 0.2) is 0 Å². The number of aromatic nitrogens is 1. The molecule has 0 atom stereocenters. The summed E-state index contributed by atoms with van der Waals surface area (Å²) in [6.45, 7) is -0.130. The van der Waals surface area contributed by atoms with Crippen molar-refractivity contribution >= 4 is 23.1 Å². The third-order valence-corrected chi connectivity index (χ3v) is 4.48. The Bertz CT molecular complexity index is 1090. The minimum atomic E-state index is -0.729. The average molecular weight is 414 g/mol. The molecule has 0 aliphatic carbocycles. The third kappa shape index (κ3) is 4.31. The smallest absolute Gasteiger partial charge is 0.255 e. The Morgan fingerprint density at radius 1 is 1.17 bits per heavy atom. The number of carbonyl (C=O) groups excluding carboxylic acids is 1. The summed E-state index contributed by atoms with van der Waals surface area (Å²) in [7, 11) is 1.60. The van der Waals surface area contributed by atoms with Gasteiger partial charge in [0, 0.05) is 30.9 Å². The summed E-state index contributed by atoms with van der Waals surface area (Å²) in [5.74, 6) is -2.03. The van der Waals surface area contributed by atoms with Crippen LogP contribution in [0.4, 0.5) is 26.0 Å². The molecular formula is C21H20F2N4O3. The van der Waals surface area contributed by atoms with Crippen molar-refractivity contribution in [2.24, 2.45) is 0 Å². The van der Waals surface area contributed by atoms with Gasteiger partial charge in [0.05, 0.1) is 23.6 Å². The molecule has 0 aliphatic heterocycles. The predicted octanol–water partition coefficient (Wildman–Crippen LogP) is 2.80. The van der Waals surface area contributed by atoms with Gasteiger partial charge in [0.1, 0.15) is 23.2 Å². The van der Waals surface area contributed by atoms with Crippen LogP contribution in [0, 0.1) is 11.6 Å². The molecule has 0 saturated carbocycles. The zero-order valence-corrected chi connectivity index (χ0v) is 16.1. The number of rotatable bonds is 6. The van der Waals surface area contributed by atoms with E-state index < -0.39 is 17.5 Å². The number of nitrogens with two attached hydrogens (primary N) is 1. The standard InChI is InChI=1S/C21H20F2N4O3/c1-27(18-6-2-12(22)10-16(18)23)13-3-7-19(29)15(11-13)17-5-4-14(20(24)26-17)21(30)25-8-9-28/h2-7,10-11,28-29H,8-9H2,1H3,(H2,24,26)(H,25,30). The largest absolute Gasteiger partial charge is 0.507 e. The van der Waals surface area contributed by atoms with Crippen LogP contribution in [0.15, 0.2) is 48.5 Å². The summed E-state index contributed by atoms with van der Waals surface area (Å²) in [4.78, 5) is 17.7. The normalized spacial score (nSPS) is 10.7. The van der Waals surface area contributed by atoms with Crippen LogP contribution < -0.4 is 16.0 Å². The van der Waals surface area contributed by atoms with Crippen LogP contribution >= 0.6 is 0 Å². The number of phenols is 1. The molecule has 30 heavy (non-hydrogen) atoms. The maximum atomic E-state index is 14.1. The molecule has 0 spiro atoms. The molecule has 5 N–H and O–H groups in total. The quantitative estimate of drug-likeness (QED) is 0.494. The minimum absolute atomic E-state index is 0.0503. The lowest BCUT2D eigenvalue weighted by molar-refractivity contribution is 0.0945. The van der Waals surface area contributed by atoms with Crippen molar-refractivity contribution in [3.8, 4) is 17.0 Å². The Labute approximate surface area is 171 Å². The first-order chi connectivity index (χ1) is 14.3. The fourth-order valence-corrected chi connectivity index (χ4v) is 2.91. The van der Waals surface area contributed by atoms with Crippen molar-refractivity contribution in [1.29, 1.82) is 0 Å². The van der Waals surface area contributed by atoms with E-state index in [0.717, 1.165) is 12.1 Å². The number of nitrogen functional groups attached to an aromatic ring is 1. The number of carbonyl (C=O) groups is 1. The van der Waals surface area contributed by atoms with Crippen LogP contribution in [-0.2, 0) is 0 Å². The number of benzene rings is 2. The summed E-state index contributed by atoms with van der Waals surface area (Å²) >= 11 is 0. The molecule has 0 aliphatic rings. The van der Waals surface area contributed by atoms with Gasteiger partial charge >= 0.3 is 0 Å². The van der Waals surface area contributed by atoms with Gasteiger partial charge in [-0.25, -0.2) is 13.8 Å². The van der Waals surface area contributed by atoms with Gasteiger partial charge in [-0.3, -0.25) is 4.79 Å². The highest BCUT2D eigenvalue weighted by molar-refractivity contribution is 5.98. The van der Waals surface area contributed by atoms with Crippen molar-refractivity contribution < 1.29 is 23.8 Å². The lowest BCUT2D eigenvalue weighted by Crippen LogP contribution is -2.27. The van der Waals surface area contributed by atoms with E-state index in [-0.39, 0.29) is 36.0 Å². The van der Waals surface area contributed by atoms with Gasteiger partial charge in [-0.1, -0.05) is 0 Å². The van der Waals surface area contributed by atoms with E-state index in [1.165, 1.54) is 29.2 Å². The first-order valence-corrected chi connectivity index (χ1v) is 8.99. The summed E-state index contributed by atoms with van der Waals surface area (Å²) in [5.41, 5.74) is 7.31. The molecule has 1 amide bonds. The molecule has 0 saturated heterocycles. The van der Waals surface area contributed by atoms with Crippen LogP contribution in [0.1, 0.15) is 10.4 Å². The van der Waals surface area contributed by atoms with Crippen molar-refractivity contribution in [3.63, 3.8) is 0 Å². The van der Waals surface area contributed by atoms with E-state index in [9.17, 15) is 18.7 Å². The summed E-state index contributed by atoms with van der Waals surface area (Å²) in [5, 5.41) is 21.6. The van der Waals surface area contributed by atoms with E-state index in [2.05, 4.69) is 10.3 Å². The first-order valence-electron chi connectivity index (χ1n) is 8.99. The molecule has 0 bridgehead atoms. The van der Waals surface area contributed by atoms with Crippen molar-refractivity contribution in [2.45, 2.75) is 0 Å². The molecule has 0 radical (unpaired) electrons. The van der Waals surface area contributed by atoms with Gasteiger partial charge in [-0.05, 0) is 42.5 Å². The maximum absolute atomic E-state index is 14.1. The Morgan fingerprint density at radius 2 is 1.93 bits per heavy atom. The third-order valence-electron chi connectivity index (χ3n) is 4.48. The van der Waals surface area contributed by atoms with Gasteiger partial charge < -0.3 is 26.2 Å². The monoisotopic (exact) mass is 414 g/mol. The number of halogens is 2. The number of aliphatic hydroxyl groups excluding tert-OH is 1. The number of amides is 1. The summed E-state index contributed by atoms with van der Waals surface area (Å²) < 4.78 is 27.3. The van der Waals surface area contributed by atoms with E-state index >= 15 is 0 Å². The van der Waals surface area contributed by atoms with Gasteiger partial charge in [-0.2, -0.15) is 0 Å². The van der Waals surface area contributed by atoms with E-state index in [1.54, 1.807) is 19.2 Å². The number of hydrogen-bond acceptors (Lipinski definition) is 6. The van der Waals surface area contributed by atoms with Crippen LogP contribution in [-0.4, -0.2) is 41.3 Å². The van der Waals surface area contributed by atoms with E-state index in [0.29, 0.717) is 16.9 Å². The highest BCUT2D eigenvalue weighted by Gasteiger charge is 2.16. The van der Waals surface area contributed by atoms with Gasteiger partial charge in [0.2, 0.25) is 0 Å². The van der Waals surface area contributed by atoms with Crippen molar-refractivity contribution in [1.82, 2.24) is 10.3 Å². The van der Waals surface area contributed by atoms with Crippen molar-refractivity contribution in [3.05, 3.63) is 65.7 Å². The maximum Gasteiger partial charge on any atom is 0.255 e. The molecule has 3 rings (SSSR count). The number of anilines is 3. The Kier molecular flexibility index (Phi) is 6.12. The Balaban J connectivity index is 1.95. The number of nitrogens with zero attached hydrogens (tertiary/aromatic N) is 2. The second kappa shape index (κ2) is 8.75. The summed E-state index contributed by atoms with van der Waals surface area (Å²) in [6, 6.07) is 10.8. The lowest BCUT2D eigenvalue weighted by atomic mass is 10.1. The molecule has 1 aromatic heterocycles. The fourth-order valence-electron chi connectivity index (χ4n) is 2.91. The predicted molar refractivity (Wildman–Crippen MR) is 110 cm³/mol. The minimum Gasteiger partial charge on any atom is -0.507 e. The Morgan fingerprint density at radius 3 is 2.60 bits per heavy atom. The SMILES string of the molecule is CN(c1ccc(O)c(-c2ccc(C(=O)NCCO)c(N)n2)c1)c1ccc(F)cc1F. The number of aliphatic hydroxyl groups is 1. The zero-order chi connectivity index (χ0) is 21.8. The number of phenolic OH excluding ortho intramolecular Hbond substituents is 1. The molecular weight excluding hydrogens is 394 g/mol. The average Bonchev–Trinajstić information content (AvgIpc) is 2.72. The molecule has 0 unspecified atom stereocenters. The topological polar surface area (TPSA) is 112 Å². The molecule has 7 nitrogen and oxygen atoms in total. The second-order valence-corrected chi connectivity index (χ2v) is 6.47. The van der Waals surface area contributed by atoms with Crippen LogP contribution in [0.5, 0.6) is 5.75 Å². The molecule has 0 fully saturated rings. The number of aromatic hydroxyl groups is 1. The zero-order valence-electron chi connectivity index (χ0n) is 16.1. The molecule has 9 heteroatoms. The lowest BCUT2D eigenvalue weighted by Gasteiger charge is -2.21. The molecule has 2 aromatic carbocycles. The summed E-state index contributed by atoms with van der Waals surface area (Å²) in [6.07, 6.45) is 0. The molecule has 156 valence electrons. The van der Waals surface area contributed by atoms with Crippen LogP contribution in [0.3, 0.4) is 0 Å². The van der Waals surface area contributed by atoms with Crippen LogP contribution in [0.2, 0.25) is 0 Å². The Hall–Kier alpha value is -3.72. The second-order valence-electron chi connectivity index (χ2n) is 6.47. The van der Waals surface area contributed by atoms with Crippen molar-refractivity contribution in [2.75, 3.05) is 30.8 Å². The van der Waals surface area contributed by atoms with Gasteiger partial charge in [0.25, 0.3) is 5.91 Å². The van der Waals surface area contributed by atoms with E-state index in [4.69, 9.17) is 10.8 Å². The molecule has 1 heterocycles. The number of hydrogen-bond donors (Lipinski definition) is 4. The highest BCUT2D eigenvalue weighted by atomic mass is 19.1. The van der Waals surface area contributed by atoms with E-state index in [1.807, 2.05) is 0 Å². The molecule has 3 aromatic rings.